The molecular weight excluding hydrogens is 148 g/mol. The molecule has 0 saturated carbocycles. The van der Waals surface area contributed by atoms with Crippen molar-refractivity contribution in [2.45, 2.75) is 13.8 Å². The minimum Gasteiger partial charge on any atom is -0.368 e. The summed E-state index contributed by atoms with van der Waals surface area (Å²) in [5.74, 6) is -1.05. The summed E-state index contributed by atoms with van der Waals surface area (Å²) in [6.45, 7) is 3.13. The van der Waals surface area contributed by atoms with Gasteiger partial charge in [-0.1, -0.05) is 13.8 Å². The zero-order valence-electron chi connectivity index (χ0n) is 6.59. The fourth-order valence-electron chi connectivity index (χ4n) is 0.296. The van der Waals surface area contributed by atoms with Crippen LogP contribution >= 0.6 is 0 Å². The molecule has 0 unspecified atom stereocenters. The zero-order valence-corrected chi connectivity index (χ0v) is 6.59. The molecule has 0 aliphatic rings. The van der Waals surface area contributed by atoms with E-state index >= 15 is 0 Å². The van der Waals surface area contributed by atoms with Crippen LogP contribution in [-0.2, 0) is 14.4 Å². The summed E-state index contributed by atoms with van der Waals surface area (Å²) in [4.78, 5) is 25.3. The van der Waals surface area contributed by atoms with Crippen LogP contribution in [0.25, 0.3) is 0 Å². The van der Waals surface area contributed by atoms with Gasteiger partial charge >= 0.3 is 0 Å². The van der Waals surface area contributed by atoms with E-state index < -0.39 is 5.91 Å². The lowest BCUT2D eigenvalue weighted by Gasteiger charge is -2.05. The van der Waals surface area contributed by atoms with Crippen molar-refractivity contribution in [2.24, 2.45) is 11.7 Å². The SMILES string of the molecule is CC(C)C(=O)NOCC(N)=O. The average molecular weight is 160 g/mol. The topological polar surface area (TPSA) is 81.4 Å². The van der Waals surface area contributed by atoms with Crippen LogP contribution in [0.1, 0.15) is 13.8 Å². The number of carbonyl (C=O) groups excluding carboxylic acids is 2. The molecule has 0 spiro atoms. The summed E-state index contributed by atoms with van der Waals surface area (Å²) in [5.41, 5.74) is 6.81. The van der Waals surface area contributed by atoms with Crippen molar-refractivity contribution in [3.63, 3.8) is 0 Å². The average Bonchev–Trinajstić information content (AvgIpc) is 1.86. The number of primary amides is 1. The third kappa shape index (κ3) is 5.35. The van der Waals surface area contributed by atoms with E-state index in [2.05, 4.69) is 10.3 Å². The third-order valence-electron chi connectivity index (χ3n) is 0.912. The number of hydrogen-bond donors (Lipinski definition) is 2. The van der Waals surface area contributed by atoms with Crippen molar-refractivity contribution in [1.29, 1.82) is 0 Å². The summed E-state index contributed by atoms with van der Waals surface area (Å²) in [5, 5.41) is 0. The second-order valence-electron chi connectivity index (χ2n) is 2.38. The molecule has 0 heterocycles. The first-order valence-electron chi connectivity index (χ1n) is 3.24. The Kier molecular flexibility index (Phi) is 4.21. The van der Waals surface area contributed by atoms with Crippen molar-refractivity contribution in [1.82, 2.24) is 5.48 Å². The highest BCUT2D eigenvalue weighted by Gasteiger charge is 2.05. The molecule has 0 saturated heterocycles. The fourth-order valence-corrected chi connectivity index (χ4v) is 0.296. The van der Waals surface area contributed by atoms with Crippen LogP contribution in [0.2, 0.25) is 0 Å². The van der Waals surface area contributed by atoms with Gasteiger partial charge in [0.05, 0.1) is 0 Å². The Bertz CT molecular complexity index is 156. The first-order valence-corrected chi connectivity index (χ1v) is 3.24. The molecule has 0 atom stereocenters. The van der Waals surface area contributed by atoms with E-state index in [0.717, 1.165) is 0 Å². The van der Waals surface area contributed by atoms with Crippen molar-refractivity contribution in [3.05, 3.63) is 0 Å². The Labute approximate surface area is 64.8 Å². The molecule has 64 valence electrons. The molecule has 0 fully saturated rings. The first kappa shape index (κ1) is 9.90. The van der Waals surface area contributed by atoms with Crippen LogP contribution in [0.5, 0.6) is 0 Å². The highest BCUT2D eigenvalue weighted by molar-refractivity contribution is 5.78. The highest BCUT2D eigenvalue weighted by Crippen LogP contribution is 1.89. The molecule has 0 aliphatic carbocycles. The van der Waals surface area contributed by atoms with E-state index in [1.807, 2.05) is 0 Å². The number of nitrogens with one attached hydrogen (secondary N) is 1. The monoisotopic (exact) mass is 160 g/mol. The molecule has 0 aliphatic heterocycles. The van der Waals surface area contributed by atoms with E-state index in [-0.39, 0.29) is 18.4 Å². The van der Waals surface area contributed by atoms with Crippen LogP contribution in [0.15, 0.2) is 0 Å². The van der Waals surface area contributed by atoms with E-state index in [9.17, 15) is 9.59 Å². The second-order valence-corrected chi connectivity index (χ2v) is 2.38. The van der Waals surface area contributed by atoms with Gasteiger partial charge in [-0.15, -0.1) is 0 Å². The summed E-state index contributed by atoms with van der Waals surface area (Å²) in [6, 6.07) is 0. The molecule has 0 radical (unpaired) electrons. The smallest absolute Gasteiger partial charge is 0.246 e. The molecule has 11 heavy (non-hydrogen) atoms. The van der Waals surface area contributed by atoms with Gasteiger partial charge in [0.25, 0.3) is 0 Å². The van der Waals surface area contributed by atoms with Gasteiger partial charge in [0.1, 0.15) is 0 Å². The maximum absolute atomic E-state index is 10.7. The Balaban J connectivity index is 3.39. The molecule has 0 aromatic heterocycles. The molecule has 0 bridgehead atoms. The van der Waals surface area contributed by atoms with Crippen LogP contribution in [0.4, 0.5) is 0 Å². The number of hydroxylamine groups is 1. The Hall–Kier alpha value is -1.10. The fraction of sp³-hybridized carbons (Fsp3) is 0.667. The lowest BCUT2D eigenvalue weighted by Crippen LogP contribution is -2.31. The van der Waals surface area contributed by atoms with Crippen LogP contribution in [0, 0.1) is 5.92 Å². The van der Waals surface area contributed by atoms with Crippen molar-refractivity contribution in [2.75, 3.05) is 6.61 Å². The Morgan fingerprint density at radius 2 is 2.09 bits per heavy atom. The van der Waals surface area contributed by atoms with E-state index in [0.29, 0.717) is 0 Å². The van der Waals surface area contributed by atoms with Crippen LogP contribution in [0.3, 0.4) is 0 Å². The van der Waals surface area contributed by atoms with Crippen molar-refractivity contribution >= 4 is 11.8 Å². The van der Waals surface area contributed by atoms with E-state index in [4.69, 9.17) is 5.73 Å². The lowest BCUT2D eigenvalue weighted by molar-refractivity contribution is -0.140. The van der Waals surface area contributed by atoms with Crippen LogP contribution in [-0.4, -0.2) is 18.4 Å². The van der Waals surface area contributed by atoms with E-state index in [1.54, 1.807) is 13.8 Å². The summed E-state index contributed by atoms with van der Waals surface area (Å²) in [6.07, 6.45) is 0. The predicted octanol–water partition coefficient (Wildman–Crippen LogP) is -0.824. The normalized spacial score (nSPS) is 9.73. The van der Waals surface area contributed by atoms with Crippen molar-refractivity contribution in [3.8, 4) is 0 Å². The molecule has 5 nitrogen and oxygen atoms in total. The lowest BCUT2D eigenvalue weighted by atomic mass is 10.2. The maximum Gasteiger partial charge on any atom is 0.246 e. The summed E-state index contributed by atoms with van der Waals surface area (Å²) in [7, 11) is 0. The number of hydrogen-bond acceptors (Lipinski definition) is 3. The molecule has 0 aromatic rings. The number of rotatable bonds is 4. The predicted molar refractivity (Wildman–Crippen MR) is 38.1 cm³/mol. The highest BCUT2D eigenvalue weighted by atomic mass is 16.7. The molecule has 5 heteroatoms. The quantitative estimate of drug-likeness (QED) is 0.527. The largest absolute Gasteiger partial charge is 0.368 e. The van der Waals surface area contributed by atoms with Gasteiger partial charge < -0.3 is 5.73 Å². The third-order valence-corrected chi connectivity index (χ3v) is 0.912. The zero-order chi connectivity index (χ0) is 8.85. The van der Waals surface area contributed by atoms with Gasteiger partial charge in [-0.05, 0) is 0 Å². The number of nitrogens with two attached hydrogens (primary N) is 1. The van der Waals surface area contributed by atoms with Crippen molar-refractivity contribution < 1.29 is 14.4 Å². The molecule has 3 N–H and O–H groups in total. The van der Waals surface area contributed by atoms with Crippen LogP contribution < -0.4 is 11.2 Å². The van der Waals surface area contributed by atoms with Gasteiger partial charge in [-0.2, -0.15) is 0 Å². The van der Waals surface area contributed by atoms with Gasteiger partial charge in [0.2, 0.25) is 11.8 Å². The Morgan fingerprint density at radius 1 is 1.55 bits per heavy atom. The van der Waals surface area contributed by atoms with E-state index in [1.165, 1.54) is 0 Å². The van der Waals surface area contributed by atoms with Gasteiger partial charge in [-0.25, -0.2) is 5.48 Å². The second kappa shape index (κ2) is 4.68. The molecule has 0 aromatic carbocycles. The summed E-state index contributed by atoms with van der Waals surface area (Å²) < 4.78 is 0. The van der Waals surface area contributed by atoms with Gasteiger partial charge in [0.15, 0.2) is 6.61 Å². The maximum atomic E-state index is 10.7. The molecular formula is C6H12N2O3. The summed E-state index contributed by atoms with van der Waals surface area (Å²) >= 11 is 0. The minimum atomic E-state index is -0.617. The molecule has 2 amide bonds. The standard InChI is InChI=1S/C6H12N2O3/c1-4(2)6(10)8-11-3-5(7)9/h4H,3H2,1-2H3,(H2,7,9)(H,8,10). The minimum absolute atomic E-state index is 0.164. The number of amides is 2. The molecule has 0 rings (SSSR count). The first-order chi connectivity index (χ1) is 5.04. The van der Waals surface area contributed by atoms with Gasteiger partial charge in [0, 0.05) is 5.92 Å². The Morgan fingerprint density at radius 3 is 2.45 bits per heavy atom. The number of carbonyl (C=O) groups is 2. The van der Waals surface area contributed by atoms with Gasteiger partial charge in [-0.3, -0.25) is 14.4 Å².